The summed E-state index contributed by atoms with van der Waals surface area (Å²) in [5.74, 6) is 0.0646. The average molecular weight is 353 g/mol. The maximum absolute atomic E-state index is 10.5. The lowest BCUT2D eigenvalue weighted by atomic mass is 9.66. The monoisotopic (exact) mass is 352 g/mol. The van der Waals surface area contributed by atoms with Crippen LogP contribution in [0.2, 0.25) is 0 Å². The maximum atomic E-state index is 10.5. The van der Waals surface area contributed by atoms with Gasteiger partial charge in [0.15, 0.2) is 0 Å². The van der Waals surface area contributed by atoms with Gasteiger partial charge in [-0.15, -0.1) is 0 Å². The van der Waals surface area contributed by atoms with Crippen molar-refractivity contribution in [3.05, 3.63) is 12.2 Å². The van der Waals surface area contributed by atoms with Crippen molar-refractivity contribution in [1.82, 2.24) is 0 Å². The highest BCUT2D eigenvalue weighted by Gasteiger charge is 2.56. The fourth-order valence-electron chi connectivity index (χ4n) is 4.24. The number of hydrogen-bond acceptors (Lipinski definition) is 2. The van der Waals surface area contributed by atoms with Crippen LogP contribution >= 0.6 is 0 Å². The molecular weight excluding hydrogens is 312 g/mol. The molecule has 2 fully saturated rings. The fourth-order valence-corrected chi connectivity index (χ4v) is 4.24. The average Bonchev–Trinajstić information content (AvgIpc) is 3.22. The van der Waals surface area contributed by atoms with Crippen molar-refractivity contribution in [3.8, 4) is 0 Å². The summed E-state index contributed by atoms with van der Waals surface area (Å²) in [6, 6.07) is 0. The maximum Gasteiger partial charge on any atom is 0.303 e. The van der Waals surface area contributed by atoms with Gasteiger partial charge in [-0.2, -0.15) is 0 Å². The summed E-state index contributed by atoms with van der Waals surface area (Å²) in [7, 11) is 0. The Labute approximate surface area is 155 Å². The van der Waals surface area contributed by atoms with E-state index in [1.165, 1.54) is 24.8 Å². The van der Waals surface area contributed by atoms with Gasteiger partial charge in [0.1, 0.15) is 0 Å². The molecule has 0 radical (unpaired) electrons. The van der Waals surface area contributed by atoms with Gasteiger partial charge in [0.2, 0.25) is 0 Å². The molecular formula is C22H40O3. The molecule has 0 aromatic rings. The zero-order valence-electron chi connectivity index (χ0n) is 17.2. The van der Waals surface area contributed by atoms with E-state index >= 15 is 0 Å². The molecule has 0 bridgehead atoms. The molecule has 1 heterocycles. The van der Waals surface area contributed by atoms with Crippen LogP contribution in [-0.2, 0) is 9.53 Å². The van der Waals surface area contributed by atoms with Crippen molar-refractivity contribution in [2.24, 2.45) is 11.3 Å². The number of carbonyl (C=O) groups is 1. The molecule has 0 aromatic heterocycles. The Kier molecular flexibility index (Phi) is 8.67. The second-order valence-corrected chi connectivity index (χ2v) is 8.61. The van der Waals surface area contributed by atoms with Gasteiger partial charge in [0, 0.05) is 6.42 Å². The first-order valence-corrected chi connectivity index (χ1v) is 10.3. The van der Waals surface area contributed by atoms with E-state index in [9.17, 15) is 4.79 Å². The lowest BCUT2D eigenvalue weighted by Gasteiger charge is -2.37. The van der Waals surface area contributed by atoms with Crippen LogP contribution in [0.5, 0.6) is 0 Å². The Bertz CT molecular complexity index is 441. The van der Waals surface area contributed by atoms with Gasteiger partial charge < -0.3 is 9.84 Å². The number of hydrogen-bond donors (Lipinski definition) is 1. The molecule has 25 heavy (non-hydrogen) atoms. The van der Waals surface area contributed by atoms with Crippen molar-refractivity contribution < 1.29 is 14.6 Å². The second-order valence-electron chi connectivity index (χ2n) is 8.61. The number of carboxylic acids is 1. The Hall–Kier alpha value is -0.830. The van der Waals surface area contributed by atoms with Gasteiger partial charge in [-0.1, -0.05) is 52.7 Å². The van der Waals surface area contributed by atoms with Crippen LogP contribution in [0, 0.1) is 11.3 Å². The highest BCUT2D eigenvalue weighted by Crippen LogP contribution is 2.54. The van der Waals surface area contributed by atoms with E-state index in [2.05, 4.69) is 27.4 Å². The van der Waals surface area contributed by atoms with Crippen LogP contribution in [0.4, 0.5) is 0 Å². The van der Waals surface area contributed by atoms with Crippen molar-refractivity contribution in [3.63, 3.8) is 0 Å². The number of aliphatic carboxylic acids is 1. The minimum atomic E-state index is -0.681. The molecule has 1 aliphatic heterocycles. The first kappa shape index (κ1) is 22.2. The molecule has 2 rings (SSSR count). The van der Waals surface area contributed by atoms with E-state index in [0.717, 1.165) is 44.4 Å². The van der Waals surface area contributed by atoms with Gasteiger partial charge in [0.25, 0.3) is 0 Å². The number of unbranched alkanes of at least 4 members (excludes halogenated alkanes) is 3. The van der Waals surface area contributed by atoms with E-state index in [1.54, 1.807) is 0 Å². The van der Waals surface area contributed by atoms with Crippen LogP contribution in [0.1, 0.15) is 98.8 Å². The quantitative estimate of drug-likeness (QED) is 0.282. The minimum Gasteiger partial charge on any atom is -0.481 e. The number of ether oxygens (including phenoxy) is 1. The lowest BCUT2D eigenvalue weighted by Crippen LogP contribution is -2.32. The number of fused-ring (bicyclic) bond motifs is 1. The number of epoxide rings is 1. The van der Waals surface area contributed by atoms with Gasteiger partial charge in [-0.25, -0.2) is 0 Å². The van der Waals surface area contributed by atoms with Crippen molar-refractivity contribution in [2.45, 2.75) is 111 Å². The summed E-state index contributed by atoms with van der Waals surface area (Å²) in [5.41, 5.74) is 1.88. The minimum absolute atomic E-state index is 0.208. The van der Waals surface area contributed by atoms with Gasteiger partial charge in [-0.3, -0.25) is 4.79 Å². The summed E-state index contributed by atoms with van der Waals surface area (Å²) < 4.78 is 5.85. The third-order valence-electron chi connectivity index (χ3n) is 6.00. The molecule has 1 aliphatic carbocycles. The van der Waals surface area contributed by atoms with Crippen LogP contribution in [-0.4, -0.2) is 22.8 Å². The van der Waals surface area contributed by atoms with E-state index in [0.29, 0.717) is 17.9 Å². The van der Waals surface area contributed by atoms with Crippen LogP contribution < -0.4 is 0 Å². The second kappa shape index (κ2) is 9.75. The lowest BCUT2D eigenvalue weighted by molar-refractivity contribution is -0.137. The SMILES string of the molecule is C=C(CCCCCCC(=O)O)CC(C)(C)C1CCC2(C)OC2C1.CC. The summed E-state index contributed by atoms with van der Waals surface area (Å²) in [4.78, 5) is 10.5. The number of allylic oxidation sites excluding steroid dienone is 1. The first-order valence-electron chi connectivity index (χ1n) is 10.3. The molecule has 3 nitrogen and oxygen atoms in total. The third kappa shape index (κ3) is 7.13. The molecule has 2 aliphatic rings. The van der Waals surface area contributed by atoms with Crippen molar-refractivity contribution in [1.29, 1.82) is 0 Å². The molecule has 3 atom stereocenters. The standard InChI is InChI=1S/C20H34O3.C2H6/c1-15(9-7-5-6-8-10-18(21)22)14-19(2,3)16-11-12-20(4)17(13-16)23-20;1-2/h16-17H,1,5-14H2,2-4H3,(H,21,22);1-2H3. The van der Waals surface area contributed by atoms with Crippen molar-refractivity contribution in [2.75, 3.05) is 0 Å². The van der Waals surface area contributed by atoms with Crippen LogP contribution in [0.15, 0.2) is 12.2 Å². The van der Waals surface area contributed by atoms with Gasteiger partial charge >= 0.3 is 5.97 Å². The molecule has 3 heteroatoms. The van der Waals surface area contributed by atoms with E-state index in [1.807, 2.05) is 13.8 Å². The summed E-state index contributed by atoms with van der Waals surface area (Å²) >= 11 is 0. The Balaban J connectivity index is 0.00000151. The molecule has 1 N–H and O–H groups in total. The van der Waals surface area contributed by atoms with Crippen LogP contribution in [0.3, 0.4) is 0 Å². The smallest absolute Gasteiger partial charge is 0.303 e. The highest BCUT2D eigenvalue weighted by molar-refractivity contribution is 5.66. The van der Waals surface area contributed by atoms with E-state index in [-0.39, 0.29) is 5.60 Å². The van der Waals surface area contributed by atoms with E-state index in [4.69, 9.17) is 9.84 Å². The third-order valence-corrected chi connectivity index (χ3v) is 6.00. The molecule has 1 saturated heterocycles. The predicted octanol–water partition coefficient (Wildman–Crippen LogP) is 6.37. The first-order chi connectivity index (χ1) is 11.7. The molecule has 1 saturated carbocycles. The zero-order chi connectivity index (χ0) is 19.1. The molecule has 0 spiro atoms. The predicted molar refractivity (Wildman–Crippen MR) is 105 cm³/mol. The number of carboxylic acid groups (broad SMARTS) is 1. The normalized spacial score (nSPS) is 27.7. The Morgan fingerprint density at radius 3 is 2.36 bits per heavy atom. The number of rotatable bonds is 10. The zero-order valence-corrected chi connectivity index (χ0v) is 17.2. The van der Waals surface area contributed by atoms with Crippen molar-refractivity contribution >= 4 is 5.97 Å². The van der Waals surface area contributed by atoms with Crippen LogP contribution in [0.25, 0.3) is 0 Å². The van der Waals surface area contributed by atoms with Gasteiger partial charge in [-0.05, 0) is 63.2 Å². The topological polar surface area (TPSA) is 49.8 Å². The van der Waals surface area contributed by atoms with E-state index < -0.39 is 5.97 Å². The summed E-state index contributed by atoms with van der Waals surface area (Å²) in [5, 5.41) is 8.62. The molecule has 0 amide bonds. The molecule has 0 aromatic carbocycles. The Morgan fingerprint density at radius 1 is 1.20 bits per heavy atom. The largest absolute Gasteiger partial charge is 0.481 e. The molecule has 146 valence electrons. The fraction of sp³-hybridized carbons (Fsp3) is 0.864. The van der Waals surface area contributed by atoms with Gasteiger partial charge in [0.05, 0.1) is 11.7 Å². The Morgan fingerprint density at radius 2 is 1.80 bits per heavy atom. The molecule has 3 unspecified atom stereocenters. The summed E-state index contributed by atoms with van der Waals surface area (Å²) in [6.45, 7) is 15.3. The highest BCUT2D eigenvalue weighted by atomic mass is 16.6. The summed E-state index contributed by atoms with van der Waals surface area (Å²) in [6.07, 6.45) is 10.8.